The minimum Gasteiger partial charge on any atom is -0.498 e. The molecular formula is C23H24O6. The highest BCUT2D eigenvalue weighted by Crippen LogP contribution is 2.52. The van der Waals surface area contributed by atoms with Crippen molar-refractivity contribution >= 4 is 11.9 Å². The molecule has 3 unspecified atom stereocenters. The summed E-state index contributed by atoms with van der Waals surface area (Å²) in [5.41, 5.74) is 0.737. The molecular weight excluding hydrogens is 372 g/mol. The van der Waals surface area contributed by atoms with Gasteiger partial charge in [0.15, 0.2) is 5.78 Å². The van der Waals surface area contributed by atoms with Crippen molar-refractivity contribution in [3.8, 4) is 11.5 Å². The fourth-order valence-electron chi connectivity index (χ4n) is 4.62. The summed E-state index contributed by atoms with van der Waals surface area (Å²) in [6.07, 6.45) is 4.58. The Kier molecular flexibility index (Phi) is 3.72. The zero-order valence-electron chi connectivity index (χ0n) is 16.9. The molecule has 5 rings (SSSR count). The maximum atomic E-state index is 13.7. The van der Waals surface area contributed by atoms with Crippen LogP contribution in [0.1, 0.15) is 43.1 Å². The lowest BCUT2D eigenvalue weighted by molar-refractivity contribution is -0.0150. The normalized spacial score (nSPS) is 31.2. The molecule has 29 heavy (non-hydrogen) atoms. The predicted octanol–water partition coefficient (Wildman–Crippen LogP) is 3.40. The zero-order valence-corrected chi connectivity index (χ0v) is 16.9. The Morgan fingerprint density at radius 3 is 2.79 bits per heavy atom. The molecule has 6 nitrogen and oxygen atoms in total. The maximum absolute atomic E-state index is 13.7. The van der Waals surface area contributed by atoms with E-state index in [0.29, 0.717) is 28.6 Å². The molecule has 1 aliphatic carbocycles. The van der Waals surface area contributed by atoms with Gasteiger partial charge in [-0.3, -0.25) is 4.79 Å². The van der Waals surface area contributed by atoms with Crippen molar-refractivity contribution in [1.29, 1.82) is 0 Å². The van der Waals surface area contributed by atoms with Gasteiger partial charge in [-0.25, -0.2) is 0 Å². The van der Waals surface area contributed by atoms with Crippen LogP contribution in [-0.2, 0) is 9.47 Å². The SMILES string of the molecule is COC1=CC2=C(CC1O)C1(C)C(=O)c3ccc4c(c3OC1CO2)C=CC(C)(C)O4. The lowest BCUT2D eigenvalue weighted by atomic mass is 9.66. The first kappa shape index (κ1) is 18.3. The van der Waals surface area contributed by atoms with E-state index in [1.165, 1.54) is 7.11 Å². The van der Waals surface area contributed by atoms with Gasteiger partial charge in [0.2, 0.25) is 0 Å². The molecule has 152 valence electrons. The Morgan fingerprint density at radius 2 is 2.03 bits per heavy atom. The number of fused-ring (bicyclic) bond motifs is 5. The van der Waals surface area contributed by atoms with Gasteiger partial charge >= 0.3 is 0 Å². The lowest BCUT2D eigenvalue weighted by Gasteiger charge is -2.47. The number of methoxy groups -OCH3 is 1. The molecule has 0 spiro atoms. The molecule has 3 heterocycles. The van der Waals surface area contributed by atoms with Gasteiger partial charge in [0, 0.05) is 12.5 Å². The molecule has 0 bridgehead atoms. The van der Waals surface area contributed by atoms with Gasteiger partial charge in [-0.15, -0.1) is 0 Å². The summed E-state index contributed by atoms with van der Waals surface area (Å²) in [6.45, 7) is 6.08. The molecule has 6 heteroatoms. The summed E-state index contributed by atoms with van der Waals surface area (Å²) in [7, 11) is 1.51. The number of carbonyl (C=O) groups is 1. The molecule has 4 aliphatic rings. The van der Waals surface area contributed by atoms with Crippen LogP contribution in [0.15, 0.2) is 41.4 Å². The number of benzene rings is 1. The van der Waals surface area contributed by atoms with Crippen LogP contribution in [-0.4, -0.2) is 42.4 Å². The Hall–Kier alpha value is -2.73. The molecule has 1 N–H and O–H groups in total. The van der Waals surface area contributed by atoms with Crippen LogP contribution in [0.5, 0.6) is 11.5 Å². The number of ether oxygens (including phenoxy) is 4. The maximum Gasteiger partial charge on any atom is 0.180 e. The second-order valence-corrected chi connectivity index (χ2v) is 8.66. The predicted molar refractivity (Wildman–Crippen MR) is 106 cm³/mol. The third-order valence-corrected chi connectivity index (χ3v) is 6.35. The van der Waals surface area contributed by atoms with E-state index in [9.17, 15) is 9.90 Å². The smallest absolute Gasteiger partial charge is 0.180 e. The highest BCUT2D eigenvalue weighted by molar-refractivity contribution is 6.07. The van der Waals surface area contributed by atoms with Crippen LogP contribution >= 0.6 is 0 Å². The summed E-state index contributed by atoms with van der Waals surface area (Å²) in [5.74, 6) is 2.24. The van der Waals surface area contributed by atoms with Crippen LogP contribution < -0.4 is 9.47 Å². The van der Waals surface area contributed by atoms with Crippen LogP contribution in [0.4, 0.5) is 0 Å². The summed E-state index contributed by atoms with van der Waals surface area (Å²) < 4.78 is 23.6. The number of carbonyl (C=O) groups excluding carboxylic acids is 1. The molecule has 0 fully saturated rings. The zero-order chi connectivity index (χ0) is 20.6. The number of aliphatic hydroxyl groups excluding tert-OH is 1. The first-order valence-corrected chi connectivity index (χ1v) is 9.81. The number of rotatable bonds is 1. The molecule has 3 aliphatic heterocycles. The van der Waals surface area contributed by atoms with Crippen molar-refractivity contribution in [3.63, 3.8) is 0 Å². The van der Waals surface area contributed by atoms with Gasteiger partial charge < -0.3 is 24.1 Å². The second kappa shape index (κ2) is 5.89. The van der Waals surface area contributed by atoms with E-state index in [-0.39, 0.29) is 18.8 Å². The van der Waals surface area contributed by atoms with Crippen LogP contribution in [0.3, 0.4) is 0 Å². The van der Waals surface area contributed by atoms with Gasteiger partial charge in [0.1, 0.15) is 47.4 Å². The van der Waals surface area contributed by atoms with Crippen molar-refractivity contribution in [2.45, 2.75) is 45.0 Å². The molecule has 0 saturated heterocycles. The number of hydrogen-bond acceptors (Lipinski definition) is 6. The molecule has 1 aromatic carbocycles. The molecule has 0 radical (unpaired) electrons. The van der Waals surface area contributed by atoms with Gasteiger partial charge in [0.25, 0.3) is 0 Å². The Balaban J connectivity index is 1.63. The third-order valence-electron chi connectivity index (χ3n) is 6.35. The highest BCUT2D eigenvalue weighted by Gasteiger charge is 2.55. The molecule has 3 atom stereocenters. The second-order valence-electron chi connectivity index (χ2n) is 8.66. The number of aliphatic hydroxyl groups is 1. The van der Waals surface area contributed by atoms with E-state index in [2.05, 4.69) is 0 Å². The topological polar surface area (TPSA) is 74.2 Å². The highest BCUT2D eigenvalue weighted by atomic mass is 16.5. The Labute approximate surface area is 169 Å². The Bertz CT molecular complexity index is 1010. The number of allylic oxidation sites excluding steroid dienone is 1. The fraction of sp³-hybridized carbons (Fsp3) is 0.435. The largest absolute Gasteiger partial charge is 0.498 e. The summed E-state index contributed by atoms with van der Waals surface area (Å²) in [4.78, 5) is 13.7. The van der Waals surface area contributed by atoms with Crippen LogP contribution in [0.2, 0.25) is 0 Å². The van der Waals surface area contributed by atoms with E-state index in [4.69, 9.17) is 18.9 Å². The van der Waals surface area contributed by atoms with Crippen molar-refractivity contribution < 1.29 is 28.8 Å². The van der Waals surface area contributed by atoms with Crippen LogP contribution in [0.25, 0.3) is 6.08 Å². The van der Waals surface area contributed by atoms with Gasteiger partial charge in [-0.05, 0) is 50.6 Å². The Morgan fingerprint density at radius 1 is 1.24 bits per heavy atom. The first-order valence-electron chi connectivity index (χ1n) is 9.81. The minimum absolute atomic E-state index is 0.0259. The van der Waals surface area contributed by atoms with E-state index in [0.717, 1.165) is 11.1 Å². The fourth-order valence-corrected chi connectivity index (χ4v) is 4.62. The minimum atomic E-state index is -0.913. The molecule has 0 saturated carbocycles. The van der Waals surface area contributed by atoms with E-state index >= 15 is 0 Å². The van der Waals surface area contributed by atoms with Crippen molar-refractivity contribution in [2.24, 2.45) is 5.41 Å². The van der Waals surface area contributed by atoms with Crippen molar-refractivity contribution in [2.75, 3.05) is 13.7 Å². The van der Waals surface area contributed by atoms with E-state index < -0.39 is 23.2 Å². The molecule has 0 aromatic heterocycles. The third kappa shape index (κ3) is 2.48. The summed E-state index contributed by atoms with van der Waals surface area (Å²) in [6, 6.07) is 3.61. The molecule has 0 amide bonds. The average Bonchev–Trinajstić information content (AvgIpc) is 2.68. The van der Waals surface area contributed by atoms with Gasteiger partial charge in [-0.1, -0.05) is 0 Å². The monoisotopic (exact) mass is 396 g/mol. The summed E-state index contributed by atoms with van der Waals surface area (Å²) in [5, 5.41) is 10.4. The van der Waals surface area contributed by atoms with Crippen molar-refractivity contribution in [1.82, 2.24) is 0 Å². The number of hydrogen-bond donors (Lipinski definition) is 1. The first-order chi connectivity index (χ1) is 13.7. The summed E-state index contributed by atoms with van der Waals surface area (Å²) >= 11 is 0. The number of Topliss-reactive ketones (excluding diaryl/α,β-unsaturated/α-hetero) is 1. The lowest BCUT2D eigenvalue weighted by Crippen LogP contribution is -2.54. The van der Waals surface area contributed by atoms with Gasteiger partial charge in [-0.2, -0.15) is 0 Å². The van der Waals surface area contributed by atoms with Crippen molar-refractivity contribution in [3.05, 3.63) is 52.5 Å². The number of ketones is 1. The van der Waals surface area contributed by atoms with Crippen LogP contribution in [0, 0.1) is 5.41 Å². The quantitative estimate of drug-likeness (QED) is 0.784. The van der Waals surface area contributed by atoms with E-state index in [1.807, 2.05) is 39.0 Å². The van der Waals surface area contributed by atoms with E-state index in [1.54, 1.807) is 12.1 Å². The molecule has 1 aromatic rings. The van der Waals surface area contributed by atoms with Gasteiger partial charge in [0.05, 0.1) is 23.7 Å². The average molecular weight is 396 g/mol. The standard InChI is InChI=1S/C23H24O6/c1-22(2)8-7-12-16(29-22)6-5-13-20(12)28-19-11-27-17-10-18(26-4)15(24)9-14(17)23(19,3)21(13)25/h5-8,10,15,19,24H,9,11H2,1-4H3.